The fraction of sp³-hybridized carbons (Fsp3) is 0.348. The van der Waals surface area contributed by atoms with E-state index in [1.165, 1.54) is 11.1 Å². The quantitative estimate of drug-likeness (QED) is 0.794. The van der Waals surface area contributed by atoms with Gasteiger partial charge in [0, 0.05) is 13.1 Å². The molecular formula is C23H24N2O4. The van der Waals surface area contributed by atoms with E-state index in [-0.39, 0.29) is 30.3 Å². The van der Waals surface area contributed by atoms with Gasteiger partial charge in [-0.2, -0.15) is 0 Å². The van der Waals surface area contributed by atoms with Crippen molar-refractivity contribution >= 4 is 23.5 Å². The molecule has 2 aliphatic rings. The van der Waals surface area contributed by atoms with Crippen LogP contribution in [0.15, 0.2) is 48.5 Å². The predicted octanol–water partition coefficient (Wildman–Crippen LogP) is 3.02. The molecule has 1 N–H and O–H groups in total. The molecule has 150 valence electrons. The molecule has 2 unspecified atom stereocenters. The minimum atomic E-state index is -0.473. The summed E-state index contributed by atoms with van der Waals surface area (Å²) in [4.78, 5) is 39.5. The molecule has 29 heavy (non-hydrogen) atoms. The van der Waals surface area contributed by atoms with E-state index in [2.05, 4.69) is 17.4 Å². The van der Waals surface area contributed by atoms with Gasteiger partial charge in [-0.1, -0.05) is 36.4 Å². The van der Waals surface area contributed by atoms with Crippen molar-refractivity contribution < 1.29 is 19.1 Å². The Hall–Kier alpha value is -3.15. The van der Waals surface area contributed by atoms with Crippen molar-refractivity contribution in [1.82, 2.24) is 4.90 Å². The number of para-hydroxylation sites is 1. The molecule has 6 nitrogen and oxygen atoms in total. The van der Waals surface area contributed by atoms with Gasteiger partial charge in [0.05, 0.1) is 29.7 Å². The lowest BCUT2D eigenvalue weighted by Gasteiger charge is -2.29. The van der Waals surface area contributed by atoms with Crippen molar-refractivity contribution in [3.05, 3.63) is 65.2 Å². The minimum absolute atomic E-state index is 0.0401. The van der Waals surface area contributed by atoms with E-state index in [4.69, 9.17) is 4.74 Å². The van der Waals surface area contributed by atoms with Crippen LogP contribution in [0.4, 0.5) is 5.69 Å². The lowest BCUT2D eigenvalue weighted by molar-refractivity contribution is -0.135. The second-order valence-electron chi connectivity index (χ2n) is 7.48. The van der Waals surface area contributed by atoms with Crippen LogP contribution in [0.25, 0.3) is 0 Å². The number of benzene rings is 2. The van der Waals surface area contributed by atoms with Gasteiger partial charge in [0.2, 0.25) is 11.8 Å². The molecule has 4 rings (SSSR count). The van der Waals surface area contributed by atoms with Crippen molar-refractivity contribution in [2.45, 2.75) is 26.3 Å². The van der Waals surface area contributed by atoms with Gasteiger partial charge in [-0.05, 0) is 43.0 Å². The van der Waals surface area contributed by atoms with E-state index in [9.17, 15) is 14.4 Å². The first kappa shape index (κ1) is 19.2. The number of hydrogen-bond donors (Lipinski definition) is 1. The molecule has 2 aromatic rings. The Bertz CT molecular complexity index is 955. The number of amides is 2. The molecule has 0 bridgehead atoms. The molecule has 0 saturated heterocycles. The molecule has 0 spiro atoms. The van der Waals surface area contributed by atoms with Gasteiger partial charge in [-0.15, -0.1) is 0 Å². The molecule has 6 heteroatoms. The number of esters is 1. The summed E-state index contributed by atoms with van der Waals surface area (Å²) in [6, 6.07) is 14.9. The first-order valence-electron chi connectivity index (χ1n) is 10.0. The molecule has 2 atom stereocenters. The van der Waals surface area contributed by atoms with Crippen LogP contribution in [0.1, 0.15) is 34.8 Å². The van der Waals surface area contributed by atoms with Crippen LogP contribution in [-0.4, -0.2) is 35.8 Å². The van der Waals surface area contributed by atoms with Crippen LogP contribution in [0.5, 0.6) is 0 Å². The number of ether oxygens (including phenoxy) is 1. The molecule has 1 saturated carbocycles. The number of hydrogen-bond acceptors (Lipinski definition) is 4. The Morgan fingerprint density at radius 3 is 2.55 bits per heavy atom. The number of carbonyl (C=O) groups is 3. The molecule has 2 aromatic carbocycles. The average molecular weight is 392 g/mol. The monoisotopic (exact) mass is 392 g/mol. The van der Waals surface area contributed by atoms with Crippen LogP contribution < -0.4 is 5.32 Å². The van der Waals surface area contributed by atoms with Crippen molar-refractivity contribution in [2.24, 2.45) is 11.8 Å². The van der Waals surface area contributed by atoms with Gasteiger partial charge in [0.25, 0.3) is 0 Å². The summed E-state index contributed by atoms with van der Waals surface area (Å²) in [5.41, 5.74) is 3.20. The highest BCUT2D eigenvalue weighted by Gasteiger charge is 2.49. The van der Waals surface area contributed by atoms with Crippen LogP contribution in [0.2, 0.25) is 0 Å². The van der Waals surface area contributed by atoms with Crippen molar-refractivity contribution in [3.63, 3.8) is 0 Å². The first-order valence-corrected chi connectivity index (χ1v) is 10.0. The van der Waals surface area contributed by atoms with E-state index >= 15 is 0 Å². The van der Waals surface area contributed by atoms with Crippen LogP contribution in [0.3, 0.4) is 0 Å². The van der Waals surface area contributed by atoms with Gasteiger partial charge in [0.1, 0.15) is 0 Å². The lowest BCUT2D eigenvalue weighted by Crippen LogP contribution is -2.37. The summed E-state index contributed by atoms with van der Waals surface area (Å²) in [7, 11) is 0. The molecule has 2 amide bonds. The van der Waals surface area contributed by atoms with Gasteiger partial charge in [-0.3, -0.25) is 9.59 Å². The van der Waals surface area contributed by atoms with E-state index in [1.807, 2.05) is 17.0 Å². The van der Waals surface area contributed by atoms with Crippen LogP contribution in [0, 0.1) is 11.8 Å². The molecule has 0 aromatic heterocycles. The Balaban J connectivity index is 1.38. The first-order chi connectivity index (χ1) is 14.1. The zero-order chi connectivity index (χ0) is 20.4. The van der Waals surface area contributed by atoms with Crippen LogP contribution >= 0.6 is 0 Å². The number of carbonyl (C=O) groups excluding carboxylic acids is 3. The van der Waals surface area contributed by atoms with Crippen LogP contribution in [-0.2, 0) is 27.3 Å². The standard InChI is InChI=1S/C23H24N2O4/c1-2-29-23(28)17-9-5-6-10-20(17)24-21(26)18-13-19(18)22(27)25-12-11-15-7-3-4-8-16(15)14-25/h3-10,18-19H,2,11-14H2,1H3,(H,24,26). The maximum Gasteiger partial charge on any atom is 0.340 e. The molecule has 1 aliphatic carbocycles. The summed E-state index contributed by atoms with van der Waals surface area (Å²) in [5.74, 6) is -1.29. The summed E-state index contributed by atoms with van der Waals surface area (Å²) >= 11 is 0. The van der Waals surface area contributed by atoms with Gasteiger partial charge in [0.15, 0.2) is 0 Å². The molecule has 1 aliphatic heterocycles. The fourth-order valence-corrected chi connectivity index (χ4v) is 3.88. The van der Waals surface area contributed by atoms with E-state index in [0.29, 0.717) is 30.8 Å². The lowest BCUT2D eigenvalue weighted by atomic mass is 9.99. The maximum atomic E-state index is 12.9. The number of nitrogens with zero attached hydrogens (tertiary/aromatic N) is 1. The average Bonchev–Trinajstić information content (AvgIpc) is 3.54. The molecular weight excluding hydrogens is 368 g/mol. The van der Waals surface area contributed by atoms with Gasteiger partial charge >= 0.3 is 5.97 Å². The predicted molar refractivity (Wildman–Crippen MR) is 108 cm³/mol. The maximum absolute atomic E-state index is 12.9. The van der Waals surface area contributed by atoms with E-state index in [0.717, 1.165) is 6.42 Å². The smallest absolute Gasteiger partial charge is 0.340 e. The summed E-state index contributed by atoms with van der Waals surface area (Å²) in [6.07, 6.45) is 1.39. The van der Waals surface area contributed by atoms with Gasteiger partial charge < -0.3 is 15.0 Å². The highest BCUT2D eigenvalue weighted by atomic mass is 16.5. The summed E-state index contributed by atoms with van der Waals surface area (Å²) in [6.45, 7) is 3.29. The molecule has 1 heterocycles. The van der Waals surface area contributed by atoms with Crippen molar-refractivity contribution in [1.29, 1.82) is 0 Å². The highest BCUT2D eigenvalue weighted by molar-refractivity contribution is 6.04. The third kappa shape index (κ3) is 4.01. The zero-order valence-corrected chi connectivity index (χ0v) is 16.4. The highest BCUT2D eigenvalue weighted by Crippen LogP contribution is 2.41. The topological polar surface area (TPSA) is 75.7 Å². The van der Waals surface area contributed by atoms with Gasteiger partial charge in [-0.25, -0.2) is 4.79 Å². The SMILES string of the molecule is CCOC(=O)c1ccccc1NC(=O)C1CC1C(=O)N1CCc2ccccc2C1. The minimum Gasteiger partial charge on any atom is -0.462 e. The normalized spacial score (nSPS) is 19.8. The number of rotatable bonds is 5. The van der Waals surface area contributed by atoms with Crippen molar-refractivity contribution in [2.75, 3.05) is 18.5 Å². The van der Waals surface area contributed by atoms with E-state index in [1.54, 1.807) is 31.2 Å². The molecule has 1 fully saturated rings. The number of fused-ring (bicyclic) bond motifs is 1. The zero-order valence-electron chi connectivity index (χ0n) is 16.4. The Labute approximate surface area is 169 Å². The third-order valence-electron chi connectivity index (χ3n) is 5.57. The number of nitrogens with one attached hydrogen (secondary N) is 1. The second kappa shape index (κ2) is 8.07. The Morgan fingerprint density at radius 1 is 1.03 bits per heavy atom. The largest absolute Gasteiger partial charge is 0.462 e. The second-order valence-corrected chi connectivity index (χ2v) is 7.48. The molecule has 0 radical (unpaired) electrons. The van der Waals surface area contributed by atoms with E-state index < -0.39 is 5.97 Å². The summed E-state index contributed by atoms with van der Waals surface area (Å²) < 4.78 is 5.04. The number of anilines is 1. The Morgan fingerprint density at radius 2 is 1.76 bits per heavy atom. The summed E-state index contributed by atoms with van der Waals surface area (Å²) in [5, 5.41) is 2.80. The fourth-order valence-electron chi connectivity index (χ4n) is 3.88. The van der Waals surface area contributed by atoms with Crippen molar-refractivity contribution in [3.8, 4) is 0 Å². The Kier molecular flexibility index (Phi) is 5.34. The third-order valence-corrected chi connectivity index (χ3v) is 5.57.